The molecular formula is C14H13ClN4O. The molecule has 20 heavy (non-hydrogen) atoms. The van der Waals surface area contributed by atoms with Crippen LogP contribution in [0.4, 0.5) is 0 Å². The molecule has 0 radical (unpaired) electrons. The highest BCUT2D eigenvalue weighted by molar-refractivity contribution is 6.16. The van der Waals surface area contributed by atoms with Crippen LogP contribution in [0.3, 0.4) is 0 Å². The van der Waals surface area contributed by atoms with Crippen molar-refractivity contribution in [2.75, 3.05) is 0 Å². The number of para-hydroxylation sites is 1. The fourth-order valence-electron chi connectivity index (χ4n) is 2.36. The summed E-state index contributed by atoms with van der Waals surface area (Å²) in [5.41, 5.74) is 2.42. The van der Waals surface area contributed by atoms with E-state index in [9.17, 15) is 4.79 Å². The summed E-state index contributed by atoms with van der Waals surface area (Å²) in [6, 6.07) is 9.36. The Morgan fingerprint density at radius 2 is 1.95 bits per heavy atom. The molecule has 0 aliphatic heterocycles. The van der Waals surface area contributed by atoms with Crippen molar-refractivity contribution >= 4 is 22.6 Å². The van der Waals surface area contributed by atoms with E-state index in [1.807, 2.05) is 37.3 Å². The molecule has 0 spiro atoms. The second-order valence-electron chi connectivity index (χ2n) is 4.54. The number of fused-ring (bicyclic) bond motifs is 1. The van der Waals surface area contributed by atoms with Gasteiger partial charge in [-0.3, -0.25) is 14.0 Å². The smallest absolute Gasteiger partial charge is 0.266 e. The Balaban J connectivity index is 2.46. The van der Waals surface area contributed by atoms with Crippen molar-refractivity contribution < 1.29 is 0 Å². The van der Waals surface area contributed by atoms with Gasteiger partial charge >= 0.3 is 0 Å². The van der Waals surface area contributed by atoms with E-state index in [0.29, 0.717) is 16.9 Å². The molecule has 3 rings (SSSR count). The highest BCUT2D eigenvalue weighted by Crippen LogP contribution is 2.16. The highest BCUT2D eigenvalue weighted by atomic mass is 35.5. The number of halogens is 1. The number of alkyl halides is 1. The Morgan fingerprint density at radius 3 is 2.60 bits per heavy atom. The third-order valence-electron chi connectivity index (χ3n) is 3.23. The van der Waals surface area contributed by atoms with Crippen molar-refractivity contribution in [3.05, 3.63) is 52.2 Å². The summed E-state index contributed by atoms with van der Waals surface area (Å²) in [5.74, 6) is 0.681. The average Bonchev–Trinajstić information content (AvgIpc) is 2.74. The zero-order chi connectivity index (χ0) is 14.3. The minimum absolute atomic E-state index is 0.153. The summed E-state index contributed by atoms with van der Waals surface area (Å²) < 4.78 is 3.11. The van der Waals surface area contributed by atoms with Gasteiger partial charge in [-0.05, 0) is 19.1 Å². The lowest BCUT2D eigenvalue weighted by atomic mass is 10.3. The molecule has 5 nitrogen and oxygen atoms in total. The standard InChI is InChI=1S/C14H13ClN4O/c1-9-12-13(18(2)17-9)14(20)19(11(8-15)16-12)10-6-4-3-5-7-10/h3-7H,8H2,1-2H3. The van der Waals surface area contributed by atoms with Gasteiger partial charge in [0, 0.05) is 7.05 Å². The van der Waals surface area contributed by atoms with Crippen LogP contribution in [0.25, 0.3) is 16.7 Å². The lowest BCUT2D eigenvalue weighted by Gasteiger charge is -2.10. The van der Waals surface area contributed by atoms with Gasteiger partial charge in [0.05, 0.1) is 17.3 Å². The van der Waals surface area contributed by atoms with Gasteiger partial charge in [-0.2, -0.15) is 5.10 Å². The molecule has 0 atom stereocenters. The third-order valence-corrected chi connectivity index (χ3v) is 3.47. The van der Waals surface area contributed by atoms with Gasteiger partial charge in [-0.15, -0.1) is 11.6 Å². The first-order valence-electron chi connectivity index (χ1n) is 6.20. The van der Waals surface area contributed by atoms with Crippen LogP contribution in [0.15, 0.2) is 35.1 Å². The maximum absolute atomic E-state index is 12.7. The van der Waals surface area contributed by atoms with Gasteiger partial charge in [0.2, 0.25) is 0 Å². The lowest BCUT2D eigenvalue weighted by molar-refractivity contribution is 0.772. The molecular weight excluding hydrogens is 276 g/mol. The first kappa shape index (κ1) is 12.9. The van der Waals surface area contributed by atoms with Crippen molar-refractivity contribution in [3.63, 3.8) is 0 Å². The number of benzene rings is 1. The van der Waals surface area contributed by atoms with Crippen LogP contribution in [-0.4, -0.2) is 19.3 Å². The van der Waals surface area contributed by atoms with Crippen LogP contribution in [0.1, 0.15) is 11.5 Å². The number of aryl methyl sites for hydroxylation is 2. The van der Waals surface area contributed by atoms with Crippen molar-refractivity contribution in [2.45, 2.75) is 12.8 Å². The van der Waals surface area contributed by atoms with Gasteiger partial charge in [0.1, 0.15) is 11.3 Å². The predicted molar refractivity (Wildman–Crippen MR) is 78.4 cm³/mol. The van der Waals surface area contributed by atoms with E-state index in [1.165, 1.54) is 4.57 Å². The summed E-state index contributed by atoms with van der Waals surface area (Å²) in [4.78, 5) is 17.2. The topological polar surface area (TPSA) is 52.7 Å². The van der Waals surface area contributed by atoms with Crippen molar-refractivity contribution in [2.24, 2.45) is 7.05 Å². The van der Waals surface area contributed by atoms with E-state index < -0.39 is 0 Å². The highest BCUT2D eigenvalue weighted by Gasteiger charge is 2.17. The quantitative estimate of drug-likeness (QED) is 0.679. The second kappa shape index (κ2) is 4.76. The van der Waals surface area contributed by atoms with Gasteiger partial charge in [-0.25, -0.2) is 4.98 Å². The third kappa shape index (κ3) is 1.82. The van der Waals surface area contributed by atoms with Crippen LogP contribution in [-0.2, 0) is 12.9 Å². The molecule has 102 valence electrons. The van der Waals surface area contributed by atoms with Gasteiger partial charge in [0.15, 0.2) is 5.52 Å². The van der Waals surface area contributed by atoms with E-state index in [0.717, 1.165) is 11.4 Å². The predicted octanol–water partition coefficient (Wildman–Crippen LogP) is 2.17. The zero-order valence-corrected chi connectivity index (χ0v) is 11.9. The maximum Gasteiger partial charge on any atom is 0.284 e. The van der Waals surface area contributed by atoms with Gasteiger partial charge < -0.3 is 0 Å². The molecule has 0 N–H and O–H groups in total. The zero-order valence-electron chi connectivity index (χ0n) is 11.2. The molecule has 2 heterocycles. The Hall–Kier alpha value is -2.14. The average molecular weight is 289 g/mol. The summed E-state index contributed by atoms with van der Waals surface area (Å²) in [6.45, 7) is 1.83. The molecule has 0 unspecified atom stereocenters. The van der Waals surface area contributed by atoms with Crippen molar-refractivity contribution in [1.29, 1.82) is 0 Å². The fourth-order valence-corrected chi connectivity index (χ4v) is 2.53. The Labute approximate surface area is 120 Å². The summed E-state index contributed by atoms with van der Waals surface area (Å²) in [7, 11) is 1.74. The number of aromatic nitrogens is 4. The summed E-state index contributed by atoms with van der Waals surface area (Å²) in [5, 5.41) is 4.26. The number of rotatable bonds is 2. The number of hydrogen-bond acceptors (Lipinski definition) is 3. The minimum Gasteiger partial charge on any atom is -0.266 e. The SMILES string of the molecule is Cc1nn(C)c2c(=O)n(-c3ccccc3)c(CCl)nc12. The summed E-state index contributed by atoms with van der Waals surface area (Å²) in [6.07, 6.45) is 0. The van der Waals surface area contributed by atoms with E-state index in [1.54, 1.807) is 11.7 Å². The Bertz CT molecular complexity index is 836. The maximum atomic E-state index is 12.7. The van der Waals surface area contributed by atoms with Crippen molar-refractivity contribution in [3.8, 4) is 5.69 Å². The van der Waals surface area contributed by atoms with Crippen LogP contribution in [0.5, 0.6) is 0 Å². The molecule has 1 aromatic carbocycles. The Kier molecular flexibility index (Phi) is 3.06. The largest absolute Gasteiger partial charge is 0.284 e. The summed E-state index contributed by atoms with van der Waals surface area (Å²) >= 11 is 5.96. The first-order valence-corrected chi connectivity index (χ1v) is 6.73. The van der Waals surface area contributed by atoms with Crippen molar-refractivity contribution in [1.82, 2.24) is 19.3 Å². The molecule has 3 aromatic rings. The molecule has 0 aliphatic rings. The van der Waals surface area contributed by atoms with Crippen LogP contribution >= 0.6 is 11.6 Å². The van der Waals surface area contributed by atoms with E-state index in [-0.39, 0.29) is 11.4 Å². The Morgan fingerprint density at radius 1 is 1.25 bits per heavy atom. The van der Waals surface area contributed by atoms with Gasteiger partial charge in [-0.1, -0.05) is 18.2 Å². The van der Waals surface area contributed by atoms with E-state index in [2.05, 4.69) is 10.1 Å². The molecule has 0 bridgehead atoms. The normalized spacial score (nSPS) is 11.2. The number of hydrogen-bond donors (Lipinski definition) is 0. The number of nitrogens with zero attached hydrogens (tertiary/aromatic N) is 4. The van der Waals surface area contributed by atoms with E-state index in [4.69, 9.17) is 11.6 Å². The minimum atomic E-state index is -0.153. The second-order valence-corrected chi connectivity index (χ2v) is 4.81. The van der Waals surface area contributed by atoms with Crippen LogP contribution < -0.4 is 5.56 Å². The monoisotopic (exact) mass is 288 g/mol. The molecule has 2 aromatic heterocycles. The van der Waals surface area contributed by atoms with Crippen LogP contribution in [0, 0.1) is 6.92 Å². The molecule has 0 saturated carbocycles. The van der Waals surface area contributed by atoms with Crippen LogP contribution in [0.2, 0.25) is 0 Å². The molecule has 0 saturated heterocycles. The lowest BCUT2D eigenvalue weighted by Crippen LogP contribution is -2.24. The molecule has 0 fully saturated rings. The molecule has 6 heteroatoms. The van der Waals surface area contributed by atoms with Gasteiger partial charge in [0.25, 0.3) is 5.56 Å². The van der Waals surface area contributed by atoms with E-state index >= 15 is 0 Å². The molecule has 0 amide bonds. The first-order chi connectivity index (χ1) is 9.63. The molecule has 0 aliphatic carbocycles. The fraction of sp³-hybridized carbons (Fsp3) is 0.214.